The fourth-order valence-corrected chi connectivity index (χ4v) is 3.65. The molecule has 0 N–H and O–H groups in total. The third-order valence-corrected chi connectivity index (χ3v) is 5.07. The molecule has 0 fully saturated rings. The molecular formula is C22H20NO4+. The Morgan fingerprint density at radius 1 is 0.815 bits per heavy atom. The fraction of sp³-hybridized carbons (Fsp3) is 0.182. The van der Waals surface area contributed by atoms with E-state index in [1.165, 1.54) is 0 Å². The number of aryl methyl sites for hydroxylation is 1. The molecule has 0 spiro atoms. The van der Waals surface area contributed by atoms with E-state index in [2.05, 4.69) is 23.5 Å². The average Bonchev–Trinajstić information content (AvgIpc) is 2.71. The van der Waals surface area contributed by atoms with Gasteiger partial charge in [-0.15, -0.1) is 0 Å². The van der Waals surface area contributed by atoms with Gasteiger partial charge < -0.3 is 14.2 Å². The molecule has 2 aromatic heterocycles. The number of rotatable bonds is 4. The van der Waals surface area contributed by atoms with Crippen LogP contribution in [0.15, 0.2) is 42.6 Å². The second-order valence-corrected chi connectivity index (χ2v) is 6.39. The highest BCUT2D eigenvalue weighted by Crippen LogP contribution is 2.34. The van der Waals surface area contributed by atoms with Crippen molar-refractivity contribution < 1.29 is 23.4 Å². The van der Waals surface area contributed by atoms with Crippen molar-refractivity contribution in [3.05, 3.63) is 53.9 Å². The van der Waals surface area contributed by atoms with E-state index in [9.17, 15) is 4.79 Å². The van der Waals surface area contributed by atoms with E-state index in [1.807, 2.05) is 30.5 Å². The molecule has 0 saturated heterocycles. The van der Waals surface area contributed by atoms with E-state index in [1.54, 1.807) is 21.3 Å². The van der Waals surface area contributed by atoms with E-state index >= 15 is 0 Å². The van der Waals surface area contributed by atoms with Gasteiger partial charge in [0.05, 0.1) is 37.7 Å². The van der Waals surface area contributed by atoms with Crippen LogP contribution >= 0.6 is 0 Å². The fourth-order valence-electron chi connectivity index (χ4n) is 3.65. The molecule has 0 aliphatic rings. The molecule has 0 bridgehead atoms. The number of aldehydes is 1. The van der Waals surface area contributed by atoms with Gasteiger partial charge in [0.25, 0.3) is 0 Å². The number of ether oxygens (including phenoxy) is 3. The predicted molar refractivity (Wildman–Crippen MR) is 104 cm³/mol. The lowest BCUT2D eigenvalue weighted by Crippen LogP contribution is -2.25. The second kappa shape index (κ2) is 6.43. The molecule has 136 valence electrons. The van der Waals surface area contributed by atoms with Crippen LogP contribution in [0.2, 0.25) is 0 Å². The normalized spacial score (nSPS) is 11.1. The molecule has 27 heavy (non-hydrogen) atoms. The molecule has 0 atom stereocenters. The molecule has 5 nitrogen and oxygen atoms in total. The lowest BCUT2D eigenvalue weighted by atomic mass is 10.0. The van der Waals surface area contributed by atoms with E-state index in [4.69, 9.17) is 14.2 Å². The zero-order chi connectivity index (χ0) is 19.1. The summed E-state index contributed by atoms with van der Waals surface area (Å²) >= 11 is 0. The SMILES string of the molecule is COc1cc2c(C)[n+]3ccc4cc(OC)c(OC)cc4c3cc2cc1C=O. The highest BCUT2D eigenvalue weighted by atomic mass is 16.5. The molecule has 0 radical (unpaired) electrons. The number of carbonyl (C=O) groups is 1. The first-order valence-electron chi connectivity index (χ1n) is 8.58. The van der Waals surface area contributed by atoms with Crippen molar-refractivity contribution in [2.75, 3.05) is 21.3 Å². The van der Waals surface area contributed by atoms with Crippen LogP contribution in [-0.4, -0.2) is 27.6 Å². The van der Waals surface area contributed by atoms with Crippen molar-refractivity contribution in [2.45, 2.75) is 6.92 Å². The molecule has 0 saturated carbocycles. The molecule has 0 unspecified atom stereocenters. The van der Waals surface area contributed by atoms with Crippen LogP contribution in [0, 0.1) is 6.92 Å². The summed E-state index contributed by atoms with van der Waals surface area (Å²) in [7, 11) is 4.83. The van der Waals surface area contributed by atoms with Gasteiger partial charge in [0, 0.05) is 19.1 Å². The van der Waals surface area contributed by atoms with E-state index in [0.717, 1.165) is 39.0 Å². The Morgan fingerprint density at radius 3 is 2.15 bits per heavy atom. The average molecular weight is 362 g/mol. The van der Waals surface area contributed by atoms with Gasteiger partial charge in [-0.3, -0.25) is 4.79 Å². The molecule has 0 aliphatic heterocycles. The number of methoxy groups -OCH3 is 3. The summed E-state index contributed by atoms with van der Waals surface area (Å²) in [5.74, 6) is 1.95. The third-order valence-electron chi connectivity index (χ3n) is 5.07. The van der Waals surface area contributed by atoms with Crippen LogP contribution in [0.1, 0.15) is 16.1 Å². The molecule has 2 aromatic carbocycles. The van der Waals surface area contributed by atoms with Gasteiger partial charge in [-0.1, -0.05) is 0 Å². The molecular weight excluding hydrogens is 342 g/mol. The van der Waals surface area contributed by atoms with E-state index < -0.39 is 0 Å². The summed E-state index contributed by atoms with van der Waals surface area (Å²) in [5.41, 5.74) is 2.63. The minimum atomic E-state index is 0.535. The standard InChI is InChI=1S/C22H20NO4/c1-13-17-10-20(25-2)16(12-24)7-15(17)8-19-18-11-22(27-4)21(26-3)9-14(18)5-6-23(13)19/h5-12H,1-4H3/q+1. The Labute approximate surface area is 156 Å². The van der Waals surface area contributed by atoms with Crippen molar-refractivity contribution in [1.29, 1.82) is 0 Å². The van der Waals surface area contributed by atoms with Gasteiger partial charge >= 0.3 is 0 Å². The molecule has 0 amide bonds. The van der Waals surface area contributed by atoms with Gasteiger partial charge in [0.1, 0.15) is 5.75 Å². The Kier molecular flexibility index (Phi) is 4.07. The number of carbonyl (C=O) groups excluding carboxylic acids is 1. The number of fused-ring (bicyclic) bond motifs is 4. The number of nitrogens with zero attached hydrogens (tertiary/aromatic N) is 1. The maximum Gasteiger partial charge on any atom is 0.219 e. The molecule has 4 rings (SSSR count). The monoisotopic (exact) mass is 362 g/mol. The van der Waals surface area contributed by atoms with Gasteiger partial charge in [-0.05, 0) is 35.0 Å². The molecule has 5 heteroatoms. The summed E-state index contributed by atoms with van der Waals surface area (Å²) < 4.78 is 18.4. The third kappa shape index (κ3) is 2.54. The second-order valence-electron chi connectivity index (χ2n) is 6.39. The summed E-state index contributed by atoms with van der Waals surface area (Å²) in [6.45, 7) is 2.06. The van der Waals surface area contributed by atoms with Crippen LogP contribution in [0.4, 0.5) is 0 Å². The lowest BCUT2D eigenvalue weighted by molar-refractivity contribution is -0.516. The number of pyridine rings is 2. The molecule has 2 heterocycles. The molecule has 4 aromatic rings. The zero-order valence-electron chi connectivity index (χ0n) is 15.7. The highest BCUT2D eigenvalue weighted by Gasteiger charge is 2.18. The van der Waals surface area contributed by atoms with Crippen LogP contribution in [-0.2, 0) is 0 Å². The smallest absolute Gasteiger partial charge is 0.219 e. The van der Waals surface area contributed by atoms with Crippen molar-refractivity contribution in [2.24, 2.45) is 0 Å². The molecule has 0 aliphatic carbocycles. The first-order valence-corrected chi connectivity index (χ1v) is 8.58. The van der Waals surface area contributed by atoms with Crippen LogP contribution < -0.4 is 18.6 Å². The maximum absolute atomic E-state index is 11.4. The van der Waals surface area contributed by atoms with Crippen molar-refractivity contribution >= 4 is 33.3 Å². The minimum Gasteiger partial charge on any atom is -0.496 e. The summed E-state index contributed by atoms with van der Waals surface area (Å²) in [5, 5.41) is 4.12. The van der Waals surface area contributed by atoms with Crippen molar-refractivity contribution in [3.8, 4) is 17.2 Å². The predicted octanol–water partition coefficient (Wildman–Crippen LogP) is 3.88. The topological polar surface area (TPSA) is 48.9 Å². The van der Waals surface area contributed by atoms with Gasteiger partial charge in [-0.25, -0.2) is 0 Å². The van der Waals surface area contributed by atoms with E-state index in [0.29, 0.717) is 22.8 Å². The lowest BCUT2D eigenvalue weighted by Gasteiger charge is -2.11. The quantitative estimate of drug-likeness (QED) is 0.239. The van der Waals surface area contributed by atoms with Crippen LogP contribution in [0.25, 0.3) is 27.1 Å². The number of hydrogen-bond acceptors (Lipinski definition) is 4. The minimum absolute atomic E-state index is 0.535. The Balaban J connectivity index is 2.15. The summed E-state index contributed by atoms with van der Waals surface area (Å²) in [4.78, 5) is 11.4. The van der Waals surface area contributed by atoms with Crippen LogP contribution in [0.5, 0.6) is 17.2 Å². The largest absolute Gasteiger partial charge is 0.496 e. The first-order chi connectivity index (χ1) is 13.1. The maximum atomic E-state index is 11.4. The van der Waals surface area contributed by atoms with E-state index in [-0.39, 0.29) is 0 Å². The van der Waals surface area contributed by atoms with Crippen molar-refractivity contribution in [3.63, 3.8) is 0 Å². The number of hydrogen-bond donors (Lipinski definition) is 0. The summed E-state index contributed by atoms with van der Waals surface area (Å²) in [6.07, 6.45) is 2.86. The van der Waals surface area contributed by atoms with Crippen molar-refractivity contribution in [1.82, 2.24) is 0 Å². The van der Waals surface area contributed by atoms with Gasteiger partial charge in [0.15, 0.2) is 29.7 Å². The Hall–Kier alpha value is -3.34. The van der Waals surface area contributed by atoms with Crippen LogP contribution in [0.3, 0.4) is 0 Å². The zero-order valence-corrected chi connectivity index (χ0v) is 15.7. The summed E-state index contributed by atoms with van der Waals surface area (Å²) in [6, 6.07) is 11.9. The van der Waals surface area contributed by atoms with Gasteiger partial charge in [-0.2, -0.15) is 4.40 Å². The Morgan fingerprint density at radius 2 is 1.48 bits per heavy atom. The first kappa shape index (κ1) is 17.1. The highest BCUT2D eigenvalue weighted by molar-refractivity contribution is 6.01. The Bertz CT molecular complexity index is 1210. The van der Waals surface area contributed by atoms with Gasteiger partial charge in [0.2, 0.25) is 5.52 Å². The number of benzene rings is 2. The number of aromatic nitrogens is 1.